The van der Waals surface area contributed by atoms with E-state index < -0.39 is 5.54 Å². The number of rotatable bonds is 6. The summed E-state index contributed by atoms with van der Waals surface area (Å²) in [4.78, 5) is 31.6. The molecule has 5 rings (SSSR count). The quantitative estimate of drug-likeness (QED) is 0.723. The fraction of sp³-hybridized carbons (Fsp3) is 0.667. The average molecular weight is 459 g/mol. The maximum atomic E-state index is 13.7. The van der Waals surface area contributed by atoms with E-state index in [9.17, 15) is 9.59 Å². The summed E-state index contributed by atoms with van der Waals surface area (Å²) in [6.07, 6.45) is 6.51. The van der Waals surface area contributed by atoms with Crippen LogP contribution in [0.3, 0.4) is 0 Å². The van der Waals surface area contributed by atoms with Crippen LogP contribution in [0.2, 0.25) is 0 Å². The van der Waals surface area contributed by atoms with E-state index in [4.69, 9.17) is 4.74 Å². The van der Waals surface area contributed by atoms with Crippen LogP contribution in [0, 0.1) is 0 Å². The molecule has 0 spiro atoms. The highest BCUT2D eigenvalue weighted by molar-refractivity contribution is 7.17. The third-order valence-corrected chi connectivity index (χ3v) is 8.29. The van der Waals surface area contributed by atoms with E-state index in [1.54, 1.807) is 11.3 Å². The summed E-state index contributed by atoms with van der Waals surface area (Å²) in [5.41, 5.74) is 0.879. The monoisotopic (exact) mass is 458 g/mol. The van der Waals surface area contributed by atoms with Crippen LogP contribution in [0.4, 0.5) is 0 Å². The molecule has 2 aromatic heterocycles. The predicted molar refractivity (Wildman–Crippen MR) is 126 cm³/mol. The number of fused-ring (bicyclic) bond motifs is 3. The molecule has 3 aliphatic rings. The van der Waals surface area contributed by atoms with Crippen LogP contribution in [0.5, 0.6) is 0 Å². The van der Waals surface area contributed by atoms with Gasteiger partial charge in [-0.3, -0.25) is 14.5 Å². The molecule has 0 bridgehead atoms. The van der Waals surface area contributed by atoms with E-state index in [1.165, 1.54) is 19.3 Å². The summed E-state index contributed by atoms with van der Waals surface area (Å²) < 4.78 is 8.62. The summed E-state index contributed by atoms with van der Waals surface area (Å²) in [5, 5.41) is 5.37. The predicted octanol–water partition coefficient (Wildman–Crippen LogP) is 3.09. The van der Waals surface area contributed by atoms with Crippen molar-refractivity contribution in [3.8, 4) is 0 Å². The number of aromatic nitrogens is 1. The SMILES string of the molecule is C[C@]1(C(=O)NC2CCCCC2)Cn2c(cc3sccc32)C(=O)N1CCCN1CCOCC1. The molecule has 2 fully saturated rings. The van der Waals surface area contributed by atoms with Crippen LogP contribution in [0.1, 0.15) is 55.9 Å². The number of carbonyl (C=O) groups is 2. The summed E-state index contributed by atoms with van der Waals surface area (Å²) in [7, 11) is 0. The van der Waals surface area contributed by atoms with Gasteiger partial charge in [-0.25, -0.2) is 0 Å². The van der Waals surface area contributed by atoms with Crippen LogP contribution >= 0.6 is 11.3 Å². The van der Waals surface area contributed by atoms with Crippen molar-refractivity contribution in [2.24, 2.45) is 0 Å². The van der Waals surface area contributed by atoms with E-state index in [-0.39, 0.29) is 17.9 Å². The van der Waals surface area contributed by atoms with Crippen molar-refractivity contribution in [2.75, 3.05) is 39.4 Å². The van der Waals surface area contributed by atoms with Gasteiger partial charge in [0.05, 0.1) is 30.0 Å². The molecule has 1 saturated carbocycles. The van der Waals surface area contributed by atoms with Crippen molar-refractivity contribution in [1.29, 1.82) is 0 Å². The van der Waals surface area contributed by atoms with E-state index in [2.05, 4.69) is 26.2 Å². The smallest absolute Gasteiger partial charge is 0.271 e. The van der Waals surface area contributed by atoms with Gasteiger partial charge in [-0.15, -0.1) is 11.3 Å². The van der Waals surface area contributed by atoms with Gasteiger partial charge >= 0.3 is 0 Å². The Balaban J connectivity index is 1.38. The summed E-state index contributed by atoms with van der Waals surface area (Å²) >= 11 is 1.65. The Kier molecular flexibility index (Phi) is 6.27. The Morgan fingerprint density at radius 1 is 1.22 bits per heavy atom. The molecule has 4 heterocycles. The topological polar surface area (TPSA) is 66.8 Å². The summed E-state index contributed by atoms with van der Waals surface area (Å²) in [6.45, 7) is 7.39. The van der Waals surface area contributed by atoms with Gasteiger partial charge in [0.2, 0.25) is 5.91 Å². The number of hydrogen-bond donors (Lipinski definition) is 1. The molecule has 1 saturated heterocycles. The van der Waals surface area contributed by atoms with E-state index in [0.717, 1.165) is 62.3 Å². The molecule has 0 unspecified atom stereocenters. The Bertz CT molecular complexity index is 973. The molecule has 2 aromatic rings. The van der Waals surface area contributed by atoms with Gasteiger partial charge in [0.1, 0.15) is 11.2 Å². The number of thiophene rings is 1. The zero-order valence-corrected chi connectivity index (χ0v) is 19.8. The van der Waals surface area contributed by atoms with Crippen LogP contribution in [-0.2, 0) is 16.1 Å². The fourth-order valence-electron chi connectivity index (χ4n) is 5.49. The number of carbonyl (C=O) groups excluding carboxylic acids is 2. The second kappa shape index (κ2) is 9.15. The minimum Gasteiger partial charge on any atom is -0.379 e. The lowest BCUT2D eigenvalue weighted by atomic mass is 9.91. The highest BCUT2D eigenvalue weighted by Gasteiger charge is 2.48. The Morgan fingerprint density at radius 3 is 2.78 bits per heavy atom. The summed E-state index contributed by atoms with van der Waals surface area (Å²) in [6, 6.07) is 4.28. The van der Waals surface area contributed by atoms with E-state index >= 15 is 0 Å². The van der Waals surface area contributed by atoms with Gasteiger partial charge in [-0.05, 0) is 43.7 Å². The van der Waals surface area contributed by atoms with Gasteiger partial charge in [-0.2, -0.15) is 0 Å². The molecule has 0 radical (unpaired) electrons. The lowest BCUT2D eigenvalue weighted by molar-refractivity contribution is -0.133. The molecule has 1 atom stereocenters. The van der Waals surface area contributed by atoms with Crippen molar-refractivity contribution in [3.63, 3.8) is 0 Å². The Morgan fingerprint density at radius 2 is 2.00 bits per heavy atom. The molecule has 8 heteroatoms. The minimum absolute atomic E-state index is 0.00754. The molecular formula is C24H34N4O3S. The van der Waals surface area contributed by atoms with Crippen LogP contribution < -0.4 is 5.32 Å². The van der Waals surface area contributed by atoms with Crippen molar-refractivity contribution in [2.45, 2.75) is 63.6 Å². The first-order chi connectivity index (χ1) is 15.6. The van der Waals surface area contributed by atoms with Gasteiger partial charge in [-0.1, -0.05) is 19.3 Å². The molecule has 1 N–H and O–H groups in total. The average Bonchev–Trinajstić information content (AvgIpc) is 3.40. The highest BCUT2D eigenvalue weighted by Crippen LogP contribution is 2.34. The highest BCUT2D eigenvalue weighted by atomic mass is 32.1. The zero-order chi connectivity index (χ0) is 22.1. The second-order valence-corrected chi connectivity index (χ2v) is 10.6. The first-order valence-corrected chi connectivity index (χ1v) is 12.9. The first kappa shape index (κ1) is 21.9. The van der Waals surface area contributed by atoms with Crippen molar-refractivity contribution in [3.05, 3.63) is 23.2 Å². The second-order valence-electron chi connectivity index (χ2n) is 9.63. The van der Waals surface area contributed by atoms with Crippen LogP contribution in [0.15, 0.2) is 17.5 Å². The van der Waals surface area contributed by atoms with Gasteiger partial charge in [0.15, 0.2) is 0 Å². The Hall–Kier alpha value is -1.90. The molecule has 174 valence electrons. The number of ether oxygens (including phenoxy) is 1. The Labute approximate surface area is 193 Å². The fourth-order valence-corrected chi connectivity index (χ4v) is 6.31. The van der Waals surface area contributed by atoms with Crippen molar-refractivity contribution in [1.82, 2.24) is 19.7 Å². The van der Waals surface area contributed by atoms with Gasteiger partial charge < -0.3 is 19.5 Å². The number of morpholine rings is 1. The standard InChI is InChI=1S/C24H34N4O3S/c1-24(23(30)25-18-6-3-2-4-7-18)17-27-19-8-15-32-21(19)16-20(27)22(29)28(24)10-5-9-26-11-13-31-14-12-26/h8,15-16,18H,2-7,9-14,17H2,1H3,(H,25,30)/t24-/m1/s1. The number of hydrogen-bond acceptors (Lipinski definition) is 5. The first-order valence-electron chi connectivity index (χ1n) is 12.1. The molecule has 0 aromatic carbocycles. The third kappa shape index (κ3) is 4.08. The third-order valence-electron chi connectivity index (χ3n) is 7.44. The van der Waals surface area contributed by atoms with Gasteiger partial charge in [0.25, 0.3) is 5.91 Å². The lowest BCUT2D eigenvalue weighted by Gasteiger charge is -2.45. The molecular weight excluding hydrogens is 424 g/mol. The van der Waals surface area contributed by atoms with E-state index in [1.807, 2.05) is 17.9 Å². The largest absolute Gasteiger partial charge is 0.379 e. The number of nitrogens with one attached hydrogen (secondary N) is 1. The van der Waals surface area contributed by atoms with Crippen LogP contribution in [-0.4, -0.2) is 77.2 Å². The van der Waals surface area contributed by atoms with Crippen LogP contribution in [0.25, 0.3) is 10.2 Å². The lowest BCUT2D eigenvalue weighted by Crippen LogP contribution is -2.65. The van der Waals surface area contributed by atoms with E-state index in [0.29, 0.717) is 18.8 Å². The molecule has 32 heavy (non-hydrogen) atoms. The molecule has 1 aliphatic carbocycles. The van der Waals surface area contributed by atoms with Crippen molar-refractivity contribution >= 4 is 33.4 Å². The molecule has 2 aliphatic heterocycles. The minimum atomic E-state index is -0.888. The summed E-state index contributed by atoms with van der Waals surface area (Å²) in [5.74, 6) is -0.0326. The number of amides is 2. The maximum Gasteiger partial charge on any atom is 0.271 e. The van der Waals surface area contributed by atoms with Gasteiger partial charge in [0, 0.05) is 32.2 Å². The number of nitrogens with zero attached hydrogens (tertiary/aromatic N) is 3. The maximum absolute atomic E-state index is 13.7. The molecule has 7 nitrogen and oxygen atoms in total. The van der Waals surface area contributed by atoms with Crippen molar-refractivity contribution < 1.29 is 14.3 Å². The molecule has 2 amide bonds. The normalized spacial score (nSPS) is 25.3. The zero-order valence-electron chi connectivity index (χ0n) is 19.0.